The van der Waals surface area contributed by atoms with Crippen LogP contribution in [0.15, 0.2) is 6.07 Å². The molecule has 0 saturated heterocycles. The molecule has 0 fully saturated rings. The molecule has 16 heavy (non-hydrogen) atoms. The first-order valence-corrected chi connectivity index (χ1v) is 4.99. The Morgan fingerprint density at radius 3 is 2.38 bits per heavy atom. The van der Waals surface area contributed by atoms with Gasteiger partial charge in [-0.2, -0.15) is 0 Å². The molecule has 0 radical (unpaired) electrons. The van der Waals surface area contributed by atoms with Crippen LogP contribution >= 0.6 is 22.6 Å². The molecule has 0 aliphatic carbocycles. The SMILES string of the molecule is Cc1nc(C(F)F)cc(OC(F)(F)F)c1I. The zero-order valence-electron chi connectivity index (χ0n) is 7.78. The molecule has 0 atom stereocenters. The highest BCUT2D eigenvalue weighted by molar-refractivity contribution is 14.1. The van der Waals surface area contributed by atoms with Gasteiger partial charge in [-0.25, -0.2) is 8.78 Å². The number of aryl methyl sites for hydroxylation is 1. The predicted octanol–water partition coefficient (Wildman–Crippen LogP) is 3.83. The summed E-state index contributed by atoms with van der Waals surface area (Å²) in [7, 11) is 0. The quantitative estimate of drug-likeness (QED) is 0.596. The van der Waals surface area contributed by atoms with E-state index in [1.807, 2.05) is 0 Å². The van der Waals surface area contributed by atoms with Crippen molar-refractivity contribution in [3.8, 4) is 5.75 Å². The van der Waals surface area contributed by atoms with Gasteiger partial charge in [-0.3, -0.25) is 4.98 Å². The molecule has 0 aliphatic rings. The summed E-state index contributed by atoms with van der Waals surface area (Å²) < 4.78 is 64.1. The van der Waals surface area contributed by atoms with Crippen LogP contribution in [0.5, 0.6) is 5.75 Å². The lowest BCUT2D eigenvalue weighted by atomic mass is 10.3. The molecule has 1 heterocycles. The number of ether oxygens (including phenoxy) is 1. The minimum atomic E-state index is -4.91. The lowest BCUT2D eigenvalue weighted by molar-refractivity contribution is -0.275. The topological polar surface area (TPSA) is 22.1 Å². The van der Waals surface area contributed by atoms with E-state index >= 15 is 0 Å². The molecule has 1 aromatic rings. The Balaban J connectivity index is 3.17. The monoisotopic (exact) mass is 353 g/mol. The summed E-state index contributed by atoms with van der Waals surface area (Å²) >= 11 is 1.55. The Kier molecular flexibility index (Phi) is 3.92. The average Bonchev–Trinajstić information content (AvgIpc) is 2.10. The van der Waals surface area contributed by atoms with E-state index in [1.165, 1.54) is 6.92 Å². The maximum Gasteiger partial charge on any atom is 0.573 e. The molecule has 0 N–H and O–H groups in total. The summed E-state index contributed by atoms with van der Waals surface area (Å²) in [5, 5.41) is 0. The molecule has 90 valence electrons. The van der Waals surface area contributed by atoms with Crippen molar-refractivity contribution < 1.29 is 26.7 Å². The Labute approximate surface area is 101 Å². The van der Waals surface area contributed by atoms with Gasteiger partial charge in [0.1, 0.15) is 11.4 Å². The number of rotatable bonds is 2. The molecule has 0 saturated carbocycles. The third-order valence-electron chi connectivity index (χ3n) is 1.56. The molecule has 2 nitrogen and oxygen atoms in total. The Morgan fingerprint density at radius 2 is 1.94 bits per heavy atom. The second-order valence-electron chi connectivity index (χ2n) is 2.79. The minimum absolute atomic E-state index is 0.0549. The lowest BCUT2D eigenvalue weighted by Crippen LogP contribution is -2.18. The van der Waals surface area contributed by atoms with Crippen molar-refractivity contribution in [3.05, 3.63) is 21.0 Å². The number of aromatic nitrogens is 1. The van der Waals surface area contributed by atoms with Crippen molar-refractivity contribution in [2.45, 2.75) is 19.7 Å². The van der Waals surface area contributed by atoms with Gasteiger partial charge in [-0.1, -0.05) is 0 Å². The van der Waals surface area contributed by atoms with E-state index in [9.17, 15) is 22.0 Å². The van der Waals surface area contributed by atoms with Gasteiger partial charge in [0.2, 0.25) is 0 Å². The maximum atomic E-state index is 12.3. The summed E-state index contributed by atoms with van der Waals surface area (Å²) in [6.45, 7) is 1.33. The van der Waals surface area contributed by atoms with Gasteiger partial charge >= 0.3 is 6.36 Å². The van der Waals surface area contributed by atoms with Gasteiger partial charge in [-0.15, -0.1) is 13.2 Å². The third kappa shape index (κ3) is 3.42. The molecule has 0 aromatic carbocycles. The van der Waals surface area contributed by atoms with E-state index in [-0.39, 0.29) is 9.26 Å². The number of nitrogens with zero attached hydrogens (tertiary/aromatic N) is 1. The first-order valence-electron chi connectivity index (χ1n) is 3.91. The fourth-order valence-corrected chi connectivity index (χ4v) is 1.35. The molecule has 0 spiro atoms. The number of hydrogen-bond acceptors (Lipinski definition) is 2. The summed E-state index contributed by atoms with van der Waals surface area (Å²) in [4.78, 5) is 3.46. The van der Waals surface area contributed by atoms with Gasteiger partial charge in [0, 0.05) is 6.07 Å². The van der Waals surface area contributed by atoms with E-state index in [0.29, 0.717) is 6.07 Å². The standard InChI is InChI=1S/C8H5F5INO/c1-3-6(14)5(16-8(11,12)13)2-4(15-3)7(9)10/h2,7H,1H3. The average molecular weight is 353 g/mol. The molecule has 0 bridgehead atoms. The summed E-state index contributed by atoms with van der Waals surface area (Å²) in [6.07, 6.45) is -7.85. The molecule has 0 amide bonds. The first kappa shape index (κ1) is 13.4. The molecule has 0 unspecified atom stereocenters. The van der Waals surface area contributed by atoms with Crippen LogP contribution in [-0.4, -0.2) is 11.3 Å². The minimum Gasteiger partial charge on any atom is -0.405 e. The van der Waals surface area contributed by atoms with Crippen molar-refractivity contribution >= 4 is 22.6 Å². The second-order valence-corrected chi connectivity index (χ2v) is 3.87. The fraction of sp³-hybridized carbons (Fsp3) is 0.375. The van der Waals surface area contributed by atoms with Crippen LogP contribution in [-0.2, 0) is 0 Å². The predicted molar refractivity (Wildman–Crippen MR) is 53.3 cm³/mol. The Bertz CT molecular complexity index is 393. The van der Waals surface area contributed by atoms with Gasteiger partial charge in [0.15, 0.2) is 0 Å². The van der Waals surface area contributed by atoms with Gasteiger partial charge in [-0.05, 0) is 29.5 Å². The van der Waals surface area contributed by atoms with Crippen molar-refractivity contribution in [2.24, 2.45) is 0 Å². The van der Waals surface area contributed by atoms with E-state index in [4.69, 9.17) is 0 Å². The smallest absolute Gasteiger partial charge is 0.405 e. The highest BCUT2D eigenvalue weighted by Gasteiger charge is 2.33. The van der Waals surface area contributed by atoms with Crippen LogP contribution < -0.4 is 4.74 Å². The molecular formula is C8H5F5INO. The van der Waals surface area contributed by atoms with Crippen LogP contribution in [0.2, 0.25) is 0 Å². The number of hydrogen-bond donors (Lipinski definition) is 0. The molecule has 1 rings (SSSR count). The van der Waals surface area contributed by atoms with Crippen LogP contribution in [0.4, 0.5) is 22.0 Å². The van der Waals surface area contributed by atoms with Crippen LogP contribution in [0.1, 0.15) is 17.8 Å². The molecule has 0 aliphatic heterocycles. The van der Waals surface area contributed by atoms with E-state index in [1.54, 1.807) is 22.6 Å². The van der Waals surface area contributed by atoms with E-state index in [0.717, 1.165) is 0 Å². The van der Waals surface area contributed by atoms with Crippen molar-refractivity contribution in [3.63, 3.8) is 0 Å². The zero-order valence-corrected chi connectivity index (χ0v) is 9.94. The zero-order chi connectivity index (χ0) is 12.5. The van der Waals surface area contributed by atoms with Gasteiger partial charge < -0.3 is 4.74 Å². The largest absolute Gasteiger partial charge is 0.573 e. The fourth-order valence-electron chi connectivity index (χ4n) is 0.962. The molecule has 1 aromatic heterocycles. The number of alkyl halides is 5. The summed E-state index contributed by atoms with van der Waals surface area (Å²) in [5.74, 6) is -0.657. The highest BCUT2D eigenvalue weighted by Crippen LogP contribution is 2.32. The normalized spacial score (nSPS) is 12.0. The van der Waals surface area contributed by atoms with Gasteiger partial charge in [0.25, 0.3) is 6.43 Å². The van der Waals surface area contributed by atoms with Crippen molar-refractivity contribution in [1.82, 2.24) is 4.98 Å². The van der Waals surface area contributed by atoms with E-state index < -0.39 is 24.2 Å². The maximum absolute atomic E-state index is 12.3. The van der Waals surface area contributed by atoms with Crippen LogP contribution in [0.25, 0.3) is 0 Å². The first-order chi connectivity index (χ1) is 7.20. The Hall–Kier alpha value is -0.670. The number of halogens is 6. The molecular weight excluding hydrogens is 348 g/mol. The third-order valence-corrected chi connectivity index (χ3v) is 2.87. The van der Waals surface area contributed by atoms with Crippen molar-refractivity contribution in [2.75, 3.05) is 0 Å². The van der Waals surface area contributed by atoms with Crippen LogP contribution in [0.3, 0.4) is 0 Å². The molecule has 8 heteroatoms. The number of pyridine rings is 1. The second kappa shape index (κ2) is 4.68. The summed E-state index contributed by atoms with van der Waals surface area (Å²) in [6, 6.07) is 0.590. The van der Waals surface area contributed by atoms with Crippen molar-refractivity contribution in [1.29, 1.82) is 0 Å². The van der Waals surface area contributed by atoms with E-state index in [2.05, 4.69) is 9.72 Å². The summed E-state index contributed by atoms with van der Waals surface area (Å²) in [5.41, 5.74) is -0.671. The highest BCUT2D eigenvalue weighted by atomic mass is 127. The van der Waals surface area contributed by atoms with Crippen LogP contribution in [0, 0.1) is 10.5 Å². The Morgan fingerprint density at radius 1 is 1.38 bits per heavy atom. The van der Waals surface area contributed by atoms with Gasteiger partial charge in [0.05, 0.1) is 9.26 Å². The lowest BCUT2D eigenvalue weighted by Gasteiger charge is -2.13.